The van der Waals surface area contributed by atoms with Gasteiger partial charge in [0.2, 0.25) is 5.91 Å². The summed E-state index contributed by atoms with van der Waals surface area (Å²) >= 11 is 1.59. The quantitative estimate of drug-likeness (QED) is 0.516. The zero-order valence-electron chi connectivity index (χ0n) is 17.3. The molecule has 0 aliphatic rings. The van der Waals surface area contributed by atoms with Crippen molar-refractivity contribution < 1.29 is 9.32 Å². The molecule has 3 aromatic rings. The Hall–Kier alpha value is -2.73. The molecule has 0 spiro atoms. The minimum absolute atomic E-state index is 0.0788. The predicted octanol–water partition coefficient (Wildman–Crippen LogP) is 5.71. The maximum atomic E-state index is 12.9. The van der Waals surface area contributed by atoms with Gasteiger partial charge in [0.1, 0.15) is 5.76 Å². The normalized spacial score (nSPS) is 10.9. The van der Waals surface area contributed by atoms with Crippen LogP contribution in [-0.2, 0) is 10.5 Å². The molecule has 0 aliphatic carbocycles. The molecule has 1 heterocycles. The maximum Gasteiger partial charge on any atom is 0.237 e. The zero-order chi connectivity index (χ0) is 20.8. The van der Waals surface area contributed by atoms with Crippen molar-refractivity contribution in [2.24, 2.45) is 0 Å². The van der Waals surface area contributed by atoms with E-state index < -0.39 is 0 Å². The van der Waals surface area contributed by atoms with Gasteiger partial charge in [-0.15, -0.1) is 11.8 Å². The summed E-state index contributed by atoms with van der Waals surface area (Å²) in [5.74, 6) is 2.05. The smallest absolute Gasteiger partial charge is 0.237 e. The van der Waals surface area contributed by atoms with E-state index in [9.17, 15) is 4.79 Å². The van der Waals surface area contributed by atoms with E-state index in [2.05, 4.69) is 10.5 Å². The molecular weight excluding hydrogens is 382 g/mol. The van der Waals surface area contributed by atoms with Gasteiger partial charge < -0.3 is 14.7 Å². The lowest BCUT2D eigenvalue weighted by atomic mass is 10.2. The standard InChI is InChI=1S/C23H27N3O2S/c1-16(2)26(23(27)15-29-14-22-17(3)25-28-18(22)4)21-12-10-20(11-13-21)24-19-8-6-5-7-9-19/h5-13,16,24H,14-15H2,1-4H3. The summed E-state index contributed by atoms with van der Waals surface area (Å²) in [6.07, 6.45) is 0. The molecule has 1 aromatic heterocycles. The van der Waals surface area contributed by atoms with E-state index in [1.165, 1.54) is 0 Å². The first-order chi connectivity index (χ1) is 14.0. The highest BCUT2D eigenvalue weighted by Gasteiger charge is 2.19. The summed E-state index contributed by atoms with van der Waals surface area (Å²) in [7, 11) is 0. The highest BCUT2D eigenvalue weighted by Crippen LogP contribution is 2.25. The molecule has 6 heteroatoms. The fraction of sp³-hybridized carbons (Fsp3) is 0.304. The van der Waals surface area contributed by atoms with Crippen LogP contribution < -0.4 is 10.2 Å². The van der Waals surface area contributed by atoms with Crippen molar-refractivity contribution in [2.75, 3.05) is 16.0 Å². The van der Waals surface area contributed by atoms with E-state index in [1.807, 2.05) is 87.2 Å². The third-order valence-corrected chi connectivity index (χ3v) is 5.59. The highest BCUT2D eigenvalue weighted by atomic mass is 32.2. The van der Waals surface area contributed by atoms with Gasteiger partial charge in [0.25, 0.3) is 0 Å². The monoisotopic (exact) mass is 409 g/mol. The van der Waals surface area contributed by atoms with Crippen molar-refractivity contribution >= 4 is 34.7 Å². The van der Waals surface area contributed by atoms with Crippen LogP contribution >= 0.6 is 11.8 Å². The molecule has 0 saturated carbocycles. The number of anilines is 3. The number of amides is 1. The first-order valence-corrected chi connectivity index (χ1v) is 10.8. The van der Waals surface area contributed by atoms with Crippen LogP contribution in [0.15, 0.2) is 59.1 Å². The van der Waals surface area contributed by atoms with Crippen LogP contribution in [0.5, 0.6) is 0 Å². The third-order valence-electron chi connectivity index (χ3n) is 4.65. The molecule has 0 radical (unpaired) electrons. The van der Waals surface area contributed by atoms with Gasteiger partial charge in [-0.25, -0.2) is 0 Å². The van der Waals surface area contributed by atoms with Crippen molar-refractivity contribution in [1.82, 2.24) is 5.16 Å². The summed E-state index contributed by atoms with van der Waals surface area (Å²) in [6, 6.07) is 18.1. The summed E-state index contributed by atoms with van der Waals surface area (Å²) in [5.41, 5.74) is 4.90. The molecule has 29 heavy (non-hydrogen) atoms. The van der Waals surface area contributed by atoms with Crippen molar-refractivity contribution in [3.8, 4) is 0 Å². The average Bonchev–Trinajstić information content (AvgIpc) is 3.02. The predicted molar refractivity (Wildman–Crippen MR) is 121 cm³/mol. The first-order valence-electron chi connectivity index (χ1n) is 9.69. The van der Waals surface area contributed by atoms with E-state index in [0.29, 0.717) is 5.75 Å². The Morgan fingerprint density at radius 1 is 1.07 bits per heavy atom. The number of carbonyl (C=O) groups is 1. The Kier molecular flexibility index (Phi) is 6.99. The molecule has 2 aromatic carbocycles. The van der Waals surface area contributed by atoms with Gasteiger partial charge in [-0.2, -0.15) is 0 Å². The lowest BCUT2D eigenvalue weighted by Crippen LogP contribution is -2.38. The van der Waals surface area contributed by atoms with Crippen molar-refractivity contribution in [3.63, 3.8) is 0 Å². The summed E-state index contributed by atoms with van der Waals surface area (Å²) in [5, 5.41) is 7.34. The number of hydrogen-bond acceptors (Lipinski definition) is 5. The van der Waals surface area contributed by atoms with E-state index in [0.717, 1.165) is 39.8 Å². The maximum absolute atomic E-state index is 12.9. The fourth-order valence-corrected chi connectivity index (χ4v) is 4.17. The first kappa shape index (κ1) is 21.0. The second kappa shape index (κ2) is 9.65. The summed E-state index contributed by atoms with van der Waals surface area (Å²) in [4.78, 5) is 14.8. The molecule has 5 nitrogen and oxygen atoms in total. The van der Waals surface area contributed by atoms with Gasteiger partial charge in [-0.3, -0.25) is 4.79 Å². The van der Waals surface area contributed by atoms with Crippen LogP contribution in [0, 0.1) is 13.8 Å². The molecule has 0 aliphatic heterocycles. The van der Waals surface area contributed by atoms with E-state index in [4.69, 9.17) is 4.52 Å². The number of hydrogen-bond donors (Lipinski definition) is 1. The number of para-hydroxylation sites is 1. The topological polar surface area (TPSA) is 58.4 Å². The van der Waals surface area contributed by atoms with Gasteiger partial charge in [-0.1, -0.05) is 23.4 Å². The number of aryl methyl sites for hydroxylation is 2. The van der Waals surface area contributed by atoms with Crippen molar-refractivity contribution in [2.45, 2.75) is 39.5 Å². The Balaban J connectivity index is 1.63. The Morgan fingerprint density at radius 2 is 1.72 bits per heavy atom. The van der Waals surface area contributed by atoms with Gasteiger partial charge in [0.05, 0.1) is 11.4 Å². The molecule has 1 amide bonds. The molecule has 0 fully saturated rings. The van der Waals surface area contributed by atoms with Gasteiger partial charge in [0.15, 0.2) is 0 Å². The Bertz CT molecular complexity index is 917. The molecule has 1 N–H and O–H groups in total. The SMILES string of the molecule is Cc1noc(C)c1CSCC(=O)N(c1ccc(Nc2ccccc2)cc1)C(C)C. The van der Waals surface area contributed by atoms with E-state index in [-0.39, 0.29) is 11.9 Å². The molecule has 0 unspecified atom stereocenters. The number of benzene rings is 2. The van der Waals surface area contributed by atoms with Gasteiger partial charge in [0, 0.05) is 34.4 Å². The number of thioether (sulfide) groups is 1. The molecule has 152 valence electrons. The molecule has 0 bridgehead atoms. The van der Waals surface area contributed by atoms with Crippen LogP contribution in [0.25, 0.3) is 0 Å². The number of aromatic nitrogens is 1. The zero-order valence-corrected chi connectivity index (χ0v) is 18.1. The molecule has 0 saturated heterocycles. The van der Waals surface area contributed by atoms with Gasteiger partial charge in [-0.05, 0) is 64.1 Å². The Morgan fingerprint density at radius 3 is 2.31 bits per heavy atom. The number of nitrogens with zero attached hydrogens (tertiary/aromatic N) is 2. The van der Waals surface area contributed by atoms with E-state index in [1.54, 1.807) is 11.8 Å². The highest BCUT2D eigenvalue weighted by molar-refractivity contribution is 7.99. The number of carbonyl (C=O) groups excluding carboxylic acids is 1. The van der Waals surface area contributed by atoms with Crippen molar-refractivity contribution in [3.05, 3.63) is 71.6 Å². The Labute approximate surface area is 176 Å². The van der Waals surface area contributed by atoms with Gasteiger partial charge >= 0.3 is 0 Å². The summed E-state index contributed by atoms with van der Waals surface area (Å²) in [6.45, 7) is 7.91. The lowest BCUT2D eigenvalue weighted by Gasteiger charge is -2.27. The minimum Gasteiger partial charge on any atom is -0.361 e. The molecule has 3 rings (SSSR count). The third kappa shape index (κ3) is 5.41. The van der Waals surface area contributed by atoms with Crippen molar-refractivity contribution in [1.29, 1.82) is 0 Å². The number of nitrogens with one attached hydrogen (secondary N) is 1. The van der Waals surface area contributed by atoms with E-state index >= 15 is 0 Å². The second-order valence-corrected chi connectivity index (χ2v) is 8.18. The molecule has 0 atom stereocenters. The average molecular weight is 410 g/mol. The largest absolute Gasteiger partial charge is 0.361 e. The minimum atomic E-state index is 0.0788. The second-order valence-electron chi connectivity index (χ2n) is 7.19. The number of rotatable bonds is 8. The van der Waals surface area contributed by atoms with Crippen LogP contribution in [-0.4, -0.2) is 22.9 Å². The van der Waals surface area contributed by atoms with Crippen LogP contribution in [0.1, 0.15) is 30.9 Å². The van der Waals surface area contributed by atoms with Crippen LogP contribution in [0.3, 0.4) is 0 Å². The van der Waals surface area contributed by atoms with Crippen LogP contribution in [0.2, 0.25) is 0 Å². The summed E-state index contributed by atoms with van der Waals surface area (Å²) < 4.78 is 5.20. The lowest BCUT2D eigenvalue weighted by molar-refractivity contribution is -0.116. The fourth-order valence-electron chi connectivity index (χ4n) is 3.14. The van der Waals surface area contributed by atoms with Crippen LogP contribution in [0.4, 0.5) is 17.1 Å². The molecular formula is C23H27N3O2S.